The Morgan fingerprint density at radius 2 is 1.67 bits per heavy atom. The van der Waals surface area contributed by atoms with Gasteiger partial charge in [0.25, 0.3) is 5.91 Å². The fourth-order valence-electron chi connectivity index (χ4n) is 2.42. The Morgan fingerprint density at radius 3 is 2.12 bits per heavy atom. The molecule has 2 rings (SSSR count). The summed E-state index contributed by atoms with van der Waals surface area (Å²) in [4.78, 5) is 33.5. The Kier molecular flexibility index (Phi) is 5.52. The molecule has 1 aromatic rings. The molecule has 1 aliphatic rings. The molecule has 0 N–H and O–H groups in total. The summed E-state index contributed by atoms with van der Waals surface area (Å²) in [5.41, 5.74) is 0.292. The summed E-state index contributed by atoms with van der Waals surface area (Å²) >= 11 is 1.48. The third kappa shape index (κ3) is 4.47. The van der Waals surface area contributed by atoms with Gasteiger partial charge in [0.1, 0.15) is 10.5 Å². The number of amides is 2. The molecule has 0 saturated carbocycles. The second-order valence-corrected chi connectivity index (χ2v) is 8.41. The number of aryl methyl sites for hydroxylation is 1. The number of carbonyl (C=O) groups excluding carboxylic acids is 2. The van der Waals surface area contributed by atoms with Crippen LogP contribution in [-0.4, -0.2) is 58.6 Å². The lowest BCUT2D eigenvalue weighted by Gasteiger charge is -2.35. The molecule has 2 heterocycles. The number of thiazole rings is 1. The van der Waals surface area contributed by atoms with Gasteiger partial charge in [-0.05, 0) is 27.7 Å². The van der Waals surface area contributed by atoms with E-state index in [1.165, 1.54) is 11.3 Å². The van der Waals surface area contributed by atoms with E-state index in [-0.39, 0.29) is 12.0 Å². The second kappa shape index (κ2) is 7.09. The van der Waals surface area contributed by atoms with E-state index >= 15 is 0 Å². The lowest BCUT2D eigenvalue weighted by atomic mass is 10.2. The first-order valence-corrected chi connectivity index (χ1v) is 9.14. The van der Waals surface area contributed by atoms with Crippen molar-refractivity contribution in [1.82, 2.24) is 14.8 Å². The largest absolute Gasteiger partial charge is 0.444 e. The summed E-state index contributed by atoms with van der Waals surface area (Å²) in [6.07, 6.45) is -0.314. The molecule has 24 heavy (non-hydrogen) atoms. The summed E-state index contributed by atoms with van der Waals surface area (Å²) < 4.78 is 5.38. The molecular formula is C17H27N3O3S. The minimum Gasteiger partial charge on any atom is -0.444 e. The van der Waals surface area contributed by atoms with E-state index in [4.69, 9.17) is 4.74 Å². The van der Waals surface area contributed by atoms with Crippen LogP contribution in [0.25, 0.3) is 0 Å². The second-order valence-electron chi connectivity index (χ2n) is 7.38. The summed E-state index contributed by atoms with van der Waals surface area (Å²) in [7, 11) is 0. The van der Waals surface area contributed by atoms with E-state index in [9.17, 15) is 9.59 Å². The van der Waals surface area contributed by atoms with Crippen LogP contribution in [0.3, 0.4) is 0 Å². The first kappa shape index (κ1) is 18.7. The topological polar surface area (TPSA) is 62.7 Å². The molecule has 0 spiro atoms. The van der Waals surface area contributed by atoms with Gasteiger partial charge in [-0.2, -0.15) is 0 Å². The maximum Gasteiger partial charge on any atom is 0.410 e. The predicted octanol–water partition coefficient (Wildman–Crippen LogP) is 3.27. The zero-order chi connectivity index (χ0) is 18.1. The van der Waals surface area contributed by atoms with Crippen molar-refractivity contribution >= 4 is 23.3 Å². The van der Waals surface area contributed by atoms with E-state index in [1.54, 1.807) is 9.80 Å². The minimum atomic E-state index is -0.503. The van der Waals surface area contributed by atoms with Crippen molar-refractivity contribution in [2.75, 3.05) is 26.2 Å². The number of ether oxygens (including phenoxy) is 1. The average Bonchev–Trinajstić information content (AvgIpc) is 2.87. The molecule has 1 saturated heterocycles. The van der Waals surface area contributed by atoms with E-state index in [0.29, 0.717) is 37.0 Å². The fraction of sp³-hybridized carbons (Fsp3) is 0.706. The highest BCUT2D eigenvalue weighted by Gasteiger charge is 2.29. The summed E-state index contributed by atoms with van der Waals surface area (Å²) in [5.74, 6) is 0.333. The van der Waals surface area contributed by atoms with Gasteiger partial charge < -0.3 is 14.5 Å². The molecule has 1 aromatic heterocycles. The highest BCUT2D eigenvalue weighted by Crippen LogP contribution is 2.26. The molecule has 134 valence electrons. The van der Waals surface area contributed by atoms with Crippen LogP contribution in [0.2, 0.25) is 0 Å². The van der Waals surface area contributed by atoms with Crippen LogP contribution in [0.4, 0.5) is 4.79 Å². The Bertz CT molecular complexity index is 611. The van der Waals surface area contributed by atoms with Crippen LogP contribution in [0, 0.1) is 6.92 Å². The predicted molar refractivity (Wildman–Crippen MR) is 94.7 cm³/mol. The van der Waals surface area contributed by atoms with E-state index in [0.717, 1.165) is 10.7 Å². The maximum atomic E-state index is 12.7. The molecule has 2 amide bonds. The highest BCUT2D eigenvalue weighted by molar-refractivity contribution is 7.13. The smallest absolute Gasteiger partial charge is 0.410 e. The van der Waals surface area contributed by atoms with Gasteiger partial charge in [-0.3, -0.25) is 4.79 Å². The number of hydrogen-bond donors (Lipinski definition) is 0. The number of piperazine rings is 1. The fourth-order valence-corrected chi connectivity index (χ4v) is 3.46. The van der Waals surface area contributed by atoms with Crippen molar-refractivity contribution in [3.05, 3.63) is 15.6 Å². The molecule has 6 nitrogen and oxygen atoms in total. The van der Waals surface area contributed by atoms with Gasteiger partial charge in [-0.25, -0.2) is 9.78 Å². The average molecular weight is 353 g/mol. The van der Waals surface area contributed by atoms with Gasteiger partial charge in [0.2, 0.25) is 0 Å². The van der Waals surface area contributed by atoms with Gasteiger partial charge in [0.15, 0.2) is 0 Å². The molecule has 1 aliphatic heterocycles. The van der Waals surface area contributed by atoms with Gasteiger partial charge in [0.05, 0.1) is 10.7 Å². The molecule has 0 radical (unpaired) electrons. The number of carbonyl (C=O) groups is 2. The number of rotatable bonds is 2. The van der Waals surface area contributed by atoms with Crippen LogP contribution in [0.5, 0.6) is 0 Å². The number of aromatic nitrogens is 1. The van der Waals surface area contributed by atoms with Crippen molar-refractivity contribution in [3.63, 3.8) is 0 Å². The van der Waals surface area contributed by atoms with Crippen molar-refractivity contribution in [1.29, 1.82) is 0 Å². The van der Waals surface area contributed by atoms with Crippen LogP contribution in [0.15, 0.2) is 0 Å². The Labute approximate surface area is 147 Å². The molecule has 0 aromatic carbocycles. The first-order valence-electron chi connectivity index (χ1n) is 8.33. The molecule has 1 fully saturated rings. The normalized spacial score (nSPS) is 15.8. The van der Waals surface area contributed by atoms with Crippen LogP contribution < -0.4 is 0 Å². The number of nitrogens with zero attached hydrogens (tertiary/aromatic N) is 3. The quantitative estimate of drug-likeness (QED) is 0.819. The monoisotopic (exact) mass is 353 g/mol. The van der Waals surface area contributed by atoms with Gasteiger partial charge in [0, 0.05) is 32.1 Å². The number of hydrogen-bond acceptors (Lipinski definition) is 5. The Morgan fingerprint density at radius 1 is 1.12 bits per heavy atom. The molecule has 7 heteroatoms. The first-order chi connectivity index (χ1) is 11.1. The van der Waals surface area contributed by atoms with Crippen LogP contribution in [0.1, 0.15) is 60.9 Å². The van der Waals surface area contributed by atoms with Crippen molar-refractivity contribution in [2.24, 2.45) is 0 Å². The van der Waals surface area contributed by atoms with E-state index < -0.39 is 5.60 Å². The molecule has 0 aliphatic carbocycles. The highest BCUT2D eigenvalue weighted by atomic mass is 32.1. The summed E-state index contributed by atoms with van der Waals surface area (Å²) in [6.45, 7) is 13.6. The van der Waals surface area contributed by atoms with Crippen molar-refractivity contribution in [3.8, 4) is 0 Å². The lowest BCUT2D eigenvalue weighted by molar-refractivity contribution is 0.0141. The van der Waals surface area contributed by atoms with Crippen molar-refractivity contribution in [2.45, 2.75) is 53.1 Å². The van der Waals surface area contributed by atoms with Crippen LogP contribution >= 0.6 is 11.3 Å². The van der Waals surface area contributed by atoms with E-state index in [2.05, 4.69) is 18.8 Å². The van der Waals surface area contributed by atoms with Gasteiger partial charge >= 0.3 is 6.09 Å². The van der Waals surface area contributed by atoms with Crippen LogP contribution in [-0.2, 0) is 4.74 Å². The molecular weight excluding hydrogens is 326 g/mol. The molecule has 0 bridgehead atoms. The SMILES string of the molecule is Cc1nc(C(C)C)sc1C(=O)N1CCN(C(=O)OC(C)(C)C)CC1. The Balaban J connectivity index is 1.97. The zero-order valence-corrected chi connectivity index (χ0v) is 16.2. The van der Waals surface area contributed by atoms with Gasteiger partial charge in [-0.15, -0.1) is 11.3 Å². The van der Waals surface area contributed by atoms with Crippen molar-refractivity contribution < 1.29 is 14.3 Å². The standard InChI is InChI=1S/C17H27N3O3S/c1-11(2)14-18-12(3)13(24-14)15(21)19-7-9-20(10-8-19)16(22)23-17(4,5)6/h11H,7-10H2,1-6H3. The lowest BCUT2D eigenvalue weighted by Crippen LogP contribution is -2.51. The molecule has 0 atom stereocenters. The third-order valence-electron chi connectivity index (χ3n) is 3.72. The maximum absolute atomic E-state index is 12.7. The molecule has 0 unspecified atom stereocenters. The third-order valence-corrected chi connectivity index (χ3v) is 5.17. The van der Waals surface area contributed by atoms with Gasteiger partial charge in [-0.1, -0.05) is 13.8 Å². The summed E-state index contributed by atoms with van der Waals surface area (Å²) in [5, 5.41) is 0.989. The summed E-state index contributed by atoms with van der Waals surface area (Å²) in [6, 6.07) is 0. The Hall–Kier alpha value is -1.63. The zero-order valence-electron chi connectivity index (χ0n) is 15.4. The minimum absolute atomic E-state index is 0.0146. The van der Waals surface area contributed by atoms with E-state index in [1.807, 2.05) is 27.7 Å².